The van der Waals surface area contributed by atoms with Crippen LogP contribution in [-0.2, 0) is 0 Å². The SMILES string of the molecule is O=C1C(=Cc2ccc(-c3cccc([N+](=O)[O-])c3)o2)Sc2ccccc21. The van der Waals surface area contributed by atoms with Crippen LogP contribution in [-0.4, -0.2) is 10.7 Å². The number of hydrogen-bond acceptors (Lipinski definition) is 5. The molecule has 6 heteroatoms. The summed E-state index contributed by atoms with van der Waals surface area (Å²) in [6.07, 6.45) is 1.70. The van der Waals surface area contributed by atoms with Crippen LogP contribution in [0.15, 0.2) is 74.9 Å². The van der Waals surface area contributed by atoms with Gasteiger partial charge in [-0.05, 0) is 30.3 Å². The van der Waals surface area contributed by atoms with Gasteiger partial charge < -0.3 is 4.42 Å². The molecule has 0 bridgehead atoms. The fraction of sp³-hybridized carbons (Fsp3) is 0. The number of nitrogens with zero attached hydrogens (tertiary/aromatic N) is 1. The molecule has 1 aliphatic heterocycles. The molecule has 0 N–H and O–H groups in total. The lowest BCUT2D eigenvalue weighted by atomic mass is 10.1. The predicted molar refractivity (Wildman–Crippen MR) is 95.4 cm³/mol. The Morgan fingerprint density at radius 3 is 2.68 bits per heavy atom. The van der Waals surface area contributed by atoms with Gasteiger partial charge in [0.15, 0.2) is 0 Å². The van der Waals surface area contributed by atoms with Gasteiger partial charge in [-0.25, -0.2) is 0 Å². The van der Waals surface area contributed by atoms with Gasteiger partial charge in [-0.1, -0.05) is 36.0 Å². The third-order valence-corrected chi connectivity index (χ3v) is 4.92. The number of hydrogen-bond donors (Lipinski definition) is 0. The number of Topliss-reactive ketones (excluding diaryl/α,β-unsaturated/α-hetero) is 1. The van der Waals surface area contributed by atoms with Crippen molar-refractivity contribution in [1.82, 2.24) is 0 Å². The minimum Gasteiger partial charge on any atom is -0.457 e. The standard InChI is InChI=1S/C19H11NO4S/c21-19-15-6-1-2-7-17(15)25-18(19)11-14-8-9-16(24-14)12-4-3-5-13(10-12)20(22)23/h1-11H. The van der Waals surface area contributed by atoms with Crippen molar-refractivity contribution in [3.8, 4) is 11.3 Å². The second-order valence-corrected chi connectivity index (χ2v) is 6.53. The molecule has 0 radical (unpaired) electrons. The molecular formula is C19H11NO4S. The number of rotatable bonds is 3. The molecule has 0 unspecified atom stereocenters. The summed E-state index contributed by atoms with van der Waals surface area (Å²) < 4.78 is 5.75. The highest BCUT2D eigenvalue weighted by Crippen LogP contribution is 2.41. The van der Waals surface area contributed by atoms with Crippen LogP contribution >= 0.6 is 11.8 Å². The zero-order valence-corrected chi connectivity index (χ0v) is 13.7. The summed E-state index contributed by atoms with van der Waals surface area (Å²) in [4.78, 5) is 24.4. The number of carbonyl (C=O) groups is 1. The van der Waals surface area contributed by atoms with Gasteiger partial charge in [-0.2, -0.15) is 0 Å². The van der Waals surface area contributed by atoms with Crippen molar-refractivity contribution in [2.45, 2.75) is 4.90 Å². The second-order valence-electron chi connectivity index (χ2n) is 5.45. The van der Waals surface area contributed by atoms with Crippen molar-refractivity contribution in [3.05, 3.63) is 87.0 Å². The molecule has 0 amide bonds. The Morgan fingerprint density at radius 1 is 1.04 bits per heavy atom. The molecule has 0 fully saturated rings. The molecule has 0 spiro atoms. The first-order chi connectivity index (χ1) is 12.1. The largest absolute Gasteiger partial charge is 0.457 e. The van der Waals surface area contributed by atoms with E-state index in [0.29, 0.717) is 27.6 Å². The Morgan fingerprint density at radius 2 is 1.88 bits per heavy atom. The third-order valence-electron chi connectivity index (χ3n) is 3.82. The van der Waals surface area contributed by atoms with Crippen LogP contribution in [0.1, 0.15) is 16.1 Å². The lowest BCUT2D eigenvalue weighted by Crippen LogP contribution is -1.93. The molecule has 4 rings (SSSR count). The van der Waals surface area contributed by atoms with Gasteiger partial charge >= 0.3 is 0 Å². The average molecular weight is 349 g/mol. The van der Waals surface area contributed by atoms with E-state index in [0.717, 1.165) is 4.90 Å². The van der Waals surface area contributed by atoms with E-state index in [1.807, 2.05) is 24.3 Å². The van der Waals surface area contributed by atoms with E-state index in [1.54, 1.807) is 30.3 Å². The molecule has 2 heterocycles. The number of furan rings is 1. The summed E-state index contributed by atoms with van der Waals surface area (Å²) in [5.41, 5.74) is 1.32. The average Bonchev–Trinajstić information content (AvgIpc) is 3.21. The van der Waals surface area contributed by atoms with E-state index in [9.17, 15) is 14.9 Å². The van der Waals surface area contributed by atoms with Gasteiger partial charge in [0.2, 0.25) is 5.78 Å². The maximum Gasteiger partial charge on any atom is 0.270 e. The summed E-state index contributed by atoms with van der Waals surface area (Å²) in [5.74, 6) is 1.03. The Bertz CT molecular complexity index is 1040. The van der Waals surface area contributed by atoms with Gasteiger partial charge in [0.25, 0.3) is 5.69 Å². The Labute approximate surface area is 147 Å². The van der Waals surface area contributed by atoms with Crippen LogP contribution in [0, 0.1) is 10.1 Å². The number of non-ortho nitro benzene ring substituents is 1. The van der Waals surface area contributed by atoms with E-state index in [1.165, 1.54) is 23.9 Å². The minimum absolute atomic E-state index is 0.00535. The number of ketones is 1. The molecule has 0 aliphatic carbocycles. The quantitative estimate of drug-likeness (QED) is 0.370. The van der Waals surface area contributed by atoms with E-state index < -0.39 is 4.92 Å². The van der Waals surface area contributed by atoms with Crippen molar-refractivity contribution < 1.29 is 14.1 Å². The maximum atomic E-state index is 12.4. The van der Waals surface area contributed by atoms with Gasteiger partial charge in [0.1, 0.15) is 11.5 Å². The molecule has 5 nitrogen and oxygen atoms in total. The molecule has 1 aliphatic rings. The first-order valence-electron chi connectivity index (χ1n) is 7.50. The highest BCUT2D eigenvalue weighted by Gasteiger charge is 2.25. The monoisotopic (exact) mass is 349 g/mol. The van der Waals surface area contributed by atoms with Crippen LogP contribution < -0.4 is 0 Å². The van der Waals surface area contributed by atoms with Gasteiger partial charge in [0, 0.05) is 28.2 Å². The second kappa shape index (κ2) is 6.07. The molecule has 0 saturated carbocycles. The fourth-order valence-corrected chi connectivity index (χ4v) is 3.66. The van der Waals surface area contributed by atoms with Crippen molar-refractivity contribution in [1.29, 1.82) is 0 Å². The molecular weight excluding hydrogens is 338 g/mol. The fourth-order valence-electron chi connectivity index (χ4n) is 2.62. The summed E-state index contributed by atoms with van der Waals surface area (Å²) in [6.45, 7) is 0. The number of nitro groups is 1. The molecule has 25 heavy (non-hydrogen) atoms. The van der Waals surface area contributed by atoms with Crippen LogP contribution in [0.5, 0.6) is 0 Å². The summed E-state index contributed by atoms with van der Waals surface area (Å²) >= 11 is 1.41. The normalized spacial score (nSPS) is 14.7. The van der Waals surface area contributed by atoms with Crippen LogP contribution in [0.25, 0.3) is 17.4 Å². The predicted octanol–water partition coefficient (Wildman–Crippen LogP) is 5.18. The molecule has 0 saturated heterocycles. The number of allylic oxidation sites excluding steroid dienone is 1. The smallest absolute Gasteiger partial charge is 0.270 e. The van der Waals surface area contributed by atoms with Crippen molar-refractivity contribution in [2.75, 3.05) is 0 Å². The summed E-state index contributed by atoms with van der Waals surface area (Å²) in [7, 11) is 0. The van der Waals surface area contributed by atoms with Crippen LogP contribution in [0.3, 0.4) is 0 Å². The lowest BCUT2D eigenvalue weighted by molar-refractivity contribution is -0.384. The van der Waals surface area contributed by atoms with E-state index >= 15 is 0 Å². The molecule has 2 aromatic carbocycles. The number of fused-ring (bicyclic) bond motifs is 1. The number of thioether (sulfide) groups is 1. The maximum absolute atomic E-state index is 12.4. The molecule has 122 valence electrons. The lowest BCUT2D eigenvalue weighted by Gasteiger charge is -1.97. The van der Waals surface area contributed by atoms with Gasteiger partial charge in [-0.15, -0.1) is 0 Å². The molecule has 3 aromatic rings. The van der Waals surface area contributed by atoms with Crippen LogP contribution in [0.2, 0.25) is 0 Å². The van der Waals surface area contributed by atoms with Crippen molar-refractivity contribution >= 4 is 29.3 Å². The zero-order valence-electron chi connectivity index (χ0n) is 12.8. The zero-order chi connectivity index (χ0) is 17.4. The first-order valence-corrected chi connectivity index (χ1v) is 8.31. The summed E-state index contributed by atoms with van der Waals surface area (Å²) in [5, 5.41) is 10.9. The van der Waals surface area contributed by atoms with E-state index in [4.69, 9.17) is 4.42 Å². The van der Waals surface area contributed by atoms with E-state index in [2.05, 4.69) is 0 Å². The highest BCUT2D eigenvalue weighted by atomic mass is 32.2. The highest BCUT2D eigenvalue weighted by molar-refractivity contribution is 8.04. The van der Waals surface area contributed by atoms with E-state index in [-0.39, 0.29) is 11.5 Å². The topological polar surface area (TPSA) is 73.3 Å². The van der Waals surface area contributed by atoms with Gasteiger partial charge in [0.05, 0.1) is 9.83 Å². The number of benzene rings is 2. The van der Waals surface area contributed by atoms with Gasteiger partial charge in [-0.3, -0.25) is 14.9 Å². The number of nitro benzene ring substituents is 1. The third kappa shape index (κ3) is 2.88. The Balaban J connectivity index is 1.64. The minimum atomic E-state index is -0.444. The Kier molecular flexibility index (Phi) is 3.74. The van der Waals surface area contributed by atoms with Crippen molar-refractivity contribution in [2.24, 2.45) is 0 Å². The Hall–Kier alpha value is -3.12. The summed E-state index contributed by atoms with van der Waals surface area (Å²) in [6, 6.07) is 17.2. The first kappa shape index (κ1) is 15.4. The molecule has 1 aromatic heterocycles. The number of carbonyl (C=O) groups excluding carboxylic acids is 1. The molecule has 0 atom stereocenters. The van der Waals surface area contributed by atoms with Crippen LogP contribution in [0.4, 0.5) is 5.69 Å². The van der Waals surface area contributed by atoms with Crippen molar-refractivity contribution in [3.63, 3.8) is 0 Å².